The predicted octanol–water partition coefficient (Wildman–Crippen LogP) is 0.00442. The van der Waals surface area contributed by atoms with Crippen molar-refractivity contribution in [1.82, 2.24) is 24.8 Å². The number of hydrogen-bond acceptors (Lipinski definition) is 6. The second-order valence-corrected chi connectivity index (χ2v) is 2.83. The van der Waals surface area contributed by atoms with E-state index >= 15 is 0 Å². The molecule has 2 aromatic heterocycles. The molecule has 0 aromatic carbocycles. The molecule has 0 saturated heterocycles. The molecule has 0 amide bonds. The summed E-state index contributed by atoms with van der Waals surface area (Å²) in [5, 5.41) is 11.4. The standard InChI is InChI=1S/C8H9N5O2/c1-3-15-7(14)6-5(2)13-8(12-11-6)9-4-10-13/h4H,3H2,1-2H3. The van der Waals surface area contributed by atoms with Gasteiger partial charge >= 0.3 is 5.97 Å². The van der Waals surface area contributed by atoms with Crippen LogP contribution in [0.2, 0.25) is 0 Å². The lowest BCUT2D eigenvalue weighted by atomic mass is 10.3. The minimum atomic E-state index is -0.500. The summed E-state index contributed by atoms with van der Waals surface area (Å²) in [6.07, 6.45) is 1.35. The van der Waals surface area contributed by atoms with Crippen LogP contribution in [0.5, 0.6) is 0 Å². The molecule has 0 radical (unpaired) electrons. The van der Waals surface area contributed by atoms with Crippen molar-refractivity contribution in [2.24, 2.45) is 0 Å². The lowest BCUT2D eigenvalue weighted by Gasteiger charge is -2.03. The van der Waals surface area contributed by atoms with Crippen LogP contribution in [0.3, 0.4) is 0 Å². The number of carbonyl (C=O) groups is 1. The second-order valence-electron chi connectivity index (χ2n) is 2.83. The van der Waals surface area contributed by atoms with Gasteiger partial charge in [-0.25, -0.2) is 4.79 Å². The molecule has 2 rings (SSSR count). The fourth-order valence-corrected chi connectivity index (χ4v) is 1.20. The van der Waals surface area contributed by atoms with E-state index in [1.54, 1.807) is 13.8 Å². The molecule has 0 fully saturated rings. The summed E-state index contributed by atoms with van der Waals surface area (Å²) < 4.78 is 6.27. The van der Waals surface area contributed by atoms with Gasteiger partial charge in [0.05, 0.1) is 12.3 Å². The summed E-state index contributed by atoms with van der Waals surface area (Å²) in [4.78, 5) is 15.3. The van der Waals surface area contributed by atoms with E-state index in [1.165, 1.54) is 10.8 Å². The van der Waals surface area contributed by atoms with Crippen LogP contribution in [0.4, 0.5) is 0 Å². The average Bonchev–Trinajstić information content (AvgIpc) is 2.67. The highest BCUT2D eigenvalue weighted by atomic mass is 16.5. The van der Waals surface area contributed by atoms with Gasteiger partial charge < -0.3 is 4.74 Å². The molecule has 2 heterocycles. The van der Waals surface area contributed by atoms with Gasteiger partial charge in [-0.05, 0) is 13.8 Å². The van der Waals surface area contributed by atoms with Crippen molar-refractivity contribution in [2.45, 2.75) is 13.8 Å². The normalized spacial score (nSPS) is 10.5. The molecule has 7 nitrogen and oxygen atoms in total. The van der Waals surface area contributed by atoms with Crippen LogP contribution in [-0.2, 0) is 4.74 Å². The number of fused-ring (bicyclic) bond motifs is 1. The van der Waals surface area contributed by atoms with Crippen LogP contribution >= 0.6 is 0 Å². The lowest BCUT2D eigenvalue weighted by Crippen LogP contribution is -2.14. The van der Waals surface area contributed by atoms with Gasteiger partial charge in [0, 0.05) is 0 Å². The first kappa shape index (κ1) is 9.50. The molecule has 0 spiro atoms. The first-order chi connectivity index (χ1) is 7.24. The number of esters is 1. The smallest absolute Gasteiger partial charge is 0.360 e. The molecule has 7 heteroatoms. The first-order valence-electron chi connectivity index (χ1n) is 4.44. The van der Waals surface area contributed by atoms with Gasteiger partial charge in [-0.3, -0.25) is 0 Å². The van der Waals surface area contributed by atoms with Crippen LogP contribution in [0.25, 0.3) is 5.78 Å². The highest BCUT2D eigenvalue weighted by Gasteiger charge is 2.16. The highest BCUT2D eigenvalue weighted by Crippen LogP contribution is 2.05. The number of aryl methyl sites for hydroxylation is 1. The average molecular weight is 207 g/mol. The number of ether oxygens (including phenoxy) is 1. The third kappa shape index (κ3) is 1.51. The maximum atomic E-state index is 11.4. The molecule has 0 atom stereocenters. The maximum absolute atomic E-state index is 11.4. The quantitative estimate of drug-likeness (QED) is 0.645. The maximum Gasteiger partial charge on any atom is 0.360 e. The summed E-state index contributed by atoms with van der Waals surface area (Å²) in [7, 11) is 0. The lowest BCUT2D eigenvalue weighted by molar-refractivity contribution is 0.0516. The van der Waals surface area contributed by atoms with Crippen molar-refractivity contribution >= 4 is 11.7 Å². The van der Waals surface area contributed by atoms with Crippen LogP contribution in [0.15, 0.2) is 6.33 Å². The molecule has 78 valence electrons. The minimum Gasteiger partial charge on any atom is -0.461 e. The molecular weight excluding hydrogens is 198 g/mol. The highest BCUT2D eigenvalue weighted by molar-refractivity contribution is 5.88. The number of carbonyl (C=O) groups excluding carboxylic acids is 1. The van der Waals surface area contributed by atoms with Crippen molar-refractivity contribution in [1.29, 1.82) is 0 Å². The summed E-state index contributed by atoms with van der Waals surface area (Å²) in [5.41, 5.74) is 0.728. The Hall–Kier alpha value is -2.05. The summed E-state index contributed by atoms with van der Waals surface area (Å²) in [5.74, 6) is -0.138. The minimum absolute atomic E-state index is 0.162. The van der Waals surface area contributed by atoms with Gasteiger partial charge in [-0.1, -0.05) is 0 Å². The van der Waals surface area contributed by atoms with Crippen LogP contribution in [0.1, 0.15) is 23.1 Å². The molecule has 0 aliphatic carbocycles. The molecule has 15 heavy (non-hydrogen) atoms. The Morgan fingerprint density at radius 3 is 3.07 bits per heavy atom. The summed E-state index contributed by atoms with van der Waals surface area (Å²) in [6.45, 7) is 3.74. The number of aromatic nitrogens is 5. The molecule has 0 aliphatic rings. The first-order valence-corrected chi connectivity index (χ1v) is 4.44. The third-order valence-electron chi connectivity index (χ3n) is 1.90. The number of rotatable bonds is 2. The molecule has 0 unspecified atom stereocenters. The van der Waals surface area contributed by atoms with Gasteiger partial charge in [-0.2, -0.15) is 14.6 Å². The van der Waals surface area contributed by atoms with E-state index in [4.69, 9.17) is 4.74 Å². The Morgan fingerprint density at radius 1 is 1.53 bits per heavy atom. The van der Waals surface area contributed by atoms with E-state index in [1.807, 2.05) is 0 Å². The van der Waals surface area contributed by atoms with Gasteiger partial charge in [0.2, 0.25) is 0 Å². The Kier molecular flexibility index (Phi) is 2.28. The van der Waals surface area contributed by atoms with Crippen LogP contribution < -0.4 is 0 Å². The Balaban J connectivity index is 2.52. The van der Waals surface area contributed by atoms with Gasteiger partial charge in [0.15, 0.2) is 5.69 Å². The topological polar surface area (TPSA) is 82.3 Å². The molecule has 0 saturated carbocycles. The molecular formula is C8H9N5O2. The Labute approximate surface area is 85.1 Å². The van der Waals surface area contributed by atoms with Crippen molar-refractivity contribution in [2.75, 3.05) is 6.61 Å². The van der Waals surface area contributed by atoms with E-state index in [9.17, 15) is 4.79 Å². The zero-order valence-electron chi connectivity index (χ0n) is 8.34. The number of nitrogens with zero attached hydrogens (tertiary/aromatic N) is 5. The third-order valence-corrected chi connectivity index (χ3v) is 1.90. The summed E-state index contributed by atoms with van der Waals surface area (Å²) >= 11 is 0. The SMILES string of the molecule is CCOC(=O)c1nnc2ncnn2c1C. The fraction of sp³-hybridized carbons (Fsp3) is 0.375. The molecule has 2 aromatic rings. The van der Waals surface area contributed by atoms with Crippen molar-refractivity contribution in [3.8, 4) is 0 Å². The van der Waals surface area contributed by atoms with Crippen LogP contribution in [-0.4, -0.2) is 37.4 Å². The van der Waals surface area contributed by atoms with E-state index in [-0.39, 0.29) is 5.69 Å². The van der Waals surface area contributed by atoms with E-state index in [0.717, 1.165) is 0 Å². The molecule has 0 aliphatic heterocycles. The van der Waals surface area contributed by atoms with Gasteiger partial charge in [0.25, 0.3) is 5.78 Å². The second kappa shape index (κ2) is 3.60. The van der Waals surface area contributed by atoms with Crippen LogP contribution in [0, 0.1) is 6.92 Å². The van der Waals surface area contributed by atoms with Crippen molar-refractivity contribution in [3.63, 3.8) is 0 Å². The Morgan fingerprint density at radius 2 is 2.33 bits per heavy atom. The predicted molar refractivity (Wildman–Crippen MR) is 49.3 cm³/mol. The van der Waals surface area contributed by atoms with E-state index in [0.29, 0.717) is 18.1 Å². The zero-order chi connectivity index (χ0) is 10.8. The van der Waals surface area contributed by atoms with Crippen molar-refractivity contribution in [3.05, 3.63) is 17.7 Å². The number of hydrogen-bond donors (Lipinski definition) is 0. The van der Waals surface area contributed by atoms with Crippen molar-refractivity contribution < 1.29 is 9.53 Å². The zero-order valence-corrected chi connectivity index (χ0v) is 8.34. The van der Waals surface area contributed by atoms with Gasteiger partial charge in [0.1, 0.15) is 6.33 Å². The molecule has 0 bridgehead atoms. The monoisotopic (exact) mass is 207 g/mol. The van der Waals surface area contributed by atoms with E-state index in [2.05, 4.69) is 20.3 Å². The van der Waals surface area contributed by atoms with Gasteiger partial charge in [-0.15, -0.1) is 10.2 Å². The fourth-order valence-electron chi connectivity index (χ4n) is 1.20. The molecule has 0 N–H and O–H groups in total. The Bertz CT molecular complexity index is 507. The van der Waals surface area contributed by atoms with E-state index < -0.39 is 5.97 Å². The largest absolute Gasteiger partial charge is 0.461 e. The summed E-state index contributed by atoms with van der Waals surface area (Å²) in [6, 6.07) is 0.